The number of carbonyl (C=O) groups is 1. The lowest BCUT2D eigenvalue weighted by atomic mass is 10.0. The average molecular weight is 354 g/mol. The Balaban J connectivity index is 1.94. The molecule has 134 valence electrons. The number of fused-ring (bicyclic) bond motifs is 1. The van der Waals surface area contributed by atoms with Gasteiger partial charge < -0.3 is 19.4 Å². The van der Waals surface area contributed by atoms with Crippen LogP contribution >= 0.6 is 0 Å². The van der Waals surface area contributed by atoms with E-state index < -0.39 is 11.6 Å². The average Bonchev–Trinajstić information content (AvgIpc) is 2.60. The maximum atomic E-state index is 12.3. The summed E-state index contributed by atoms with van der Waals surface area (Å²) in [6.45, 7) is 3.52. The zero-order valence-corrected chi connectivity index (χ0v) is 14.4. The van der Waals surface area contributed by atoms with Crippen molar-refractivity contribution in [3.05, 3.63) is 69.1 Å². The number of hydrogen-bond acceptors (Lipinski definition) is 6. The fourth-order valence-electron chi connectivity index (χ4n) is 2.74. The first kappa shape index (κ1) is 17.5. The molecule has 0 aliphatic carbocycles. The lowest BCUT2D eigenvalue weighted by molar-refractivity contribution is 0.0470. The van der Waals surface area contributed by atoms with Gasteiger partial charge in [0.25, 0.3) is 0 Å². The van der Waals surface area contributed by atoms with Crippen LogP contribution in [-0.2, 0) is 17.8 Å². The van der Waals surface area contributed by atoms with Gasteiger partial charge in [-0.3, -0.25) is 0 Å². The molecule has 0 amide bonds. The lowest BCUT2D eigenvalue weighted by Crippen LogP contribution is -2.08. The van der Waals surface area contributed by atoms with Crippen molar-refractivity contribution in [2.45, 2.75) is 26.9 Å². The van der Waals surface area contributed by atoms with Crippen molar-refractivity contribution >= 4 is 16.9 Å². The highest BCUT2D eigenvalue weighted by Crippen LogP contribution is 2.27. The molecule has 3 rings (SSSR count). The number of esters is 1. The zero-order valence-electron chi connectivity index (χ0n) is 14.4. The minimum Gasteiger partial charge on any atom is -0.508 e. The molecule has 0 atom stereocenters. The zero-order chi connectivity index (χ0) is 18.8. The van der Waals surface area contributed by atoms with E-state index in [-0.39, 0.29) is 29.3 Å². The third-order valence-corrected chi connectivity index (χ3v) is 4.14. The van der Waals surface area contributed by atoms with Crippen molar-refractivity contribution in [2.24, 2.45) is 0 Å². The van der Waals surface area contributed by atoms with E-state index in [9.17, 15) is 19.8 Å². The molecule has 0 fully saturated rings. The summed E-state index contributed by atoms with van der Waals surface area (Å²) in [7, 11) is 0. The Morgan fingerprint density at radius 1 is 1.08 bits per heavy atom. The van der Waals surface area contributed by atoms with Crippen molar-refractivity contribution < 1.29 is 24.2 Å². The Morgan fingerprint density at radius 3 is 2.58 bits per heavy atom. The number of benzene rings is 2. The van der Waals surface area contributed by atoms with E-state index in [4.69, 9.17) is 9.15 Å². The normalized spacial score (nSPS) is 10.8. The fraction of sp³-hybridized carbons (Fsp3) is 0.200. The summed E-state index contributed by atoms with van der Waals surface area (Å²) >= 11 is 0. The Labute approximate surface area is 149 Å². The van der Waals surface area contributed by atoms with Crippen molar-refractivity contribution in [2.75, 3.05) is 0 Å². The van der Waals surface area contributed by atoms with Gasteiger partial charge in [0.05, 0.1) is 0 Å². The lowest BCUT2D eigenvalue weighted by Gasteiger charge is -2.10. The molecule has 0 saturated heterocycles. The maximum absolute atomic E-state index is 12.3. The van der Waals surface area contributed by atoms with E-state index in [1.54, 1.807) is 19.1 Å². The first-order valence-corrected chi connectivity index (χ1v) is 8.14. The van der Waals surface area contributed by atoms with Gasteiger partial charge in [-0.15, -0.1) is 0 Å². The van der Waals surface area contributed by atoms with E-state index in [1.165, 1.54) is 24.3 Å². The fourth-order valence-corrected chi connectivity index (χ4v) is 2.74. The Kier molecular flexibility index (Phi) is 4.67. The van der Waals surface area contributed by atoms with E-state index in [0.717, 1.165) is 5.56 Å². The van der Waals surface area contributed by atoms with E-state index in [1.807, 2.05) is 6.92 Å². The second kappa shape index (κ2) is 6.92. The van der Waals surface area contributed by atoms with E-state index in [0.29, 0.717) is 22.9 Å². The van der Waals surface area contributed by atoms with Gasteiger partial charge in [0.1, 0.15) is 29.3 Å². The number of carbonyl (C=O) groups excluding carboxylic acids is 1. The van der Waals surface area contributed by atoms with Gasteiger partial charge in [-0.1, -0.05) is 18.6 Å². The largest absolute Gasteiger partial charge is 0.508 e. The predicted octanol–water partition coefficient (Wildman–Crippen LogP) is 3.43. The Hall–Kier alpha value is -3.28. The quantitative estimate of drug-likeness (QED) is 0.550. The van der Waals surface area contributed by atoms with Crippen LogP contribution in [0.15, 0.2) is 45.6 Å². The second-order valence-electron chi connectivity index (χ2n) is 6.02. The van der Waals surface area contributed by atoms with Crippen LogP contribution in [0.1, 0.15) is 34.0 Å². The molecule has 2 N–H and O–H groups in total. The first-order valence-electron chi connectivity index (χ1n) is 8.14. The van der Waals surface area contributed by atoms with Crippen LogP contribution in [0, 0.1) is 6.92 Å². The third-order valence-electron chi connectivity index (χ3n) is 4.14. The molecule has 3 aromatic rings. The summed E-state index contributed by atoms with van der Waals surface area (Å²) in [5, 5.41) is 20.3. The molecular weight excluding hydrogens is 336 g/mol. The van der Waals surface area contributed by atoms with Crippen LogP contribution in [0.2, 0.25) is 0 Å². The summed E-state index contributed by atoms with van der Waals surface area (Å²) in [6, 6.07) is 8.98. The molecule has 0 spiro atoms. The topological polar surface area (TPSA) is 97.0 Å². The molecule has 26 heavy (non-hydrogen) atoms. The van der Waals surface area contributed by atoms with Crippen LogP contribution in [0.3, 0.4) is 0 Å². The Morgan fingerprint density at radius 2 is 1.85 bits per heavy atom. The van der Waals surface area contributed by atoms with Crippen LogP contribution < -0.4 is 5.63 Å². The van der Waals surface area contributed by atoms with E-state index >= 15 is 0 Å². The van der Waals surface area contributed by atoms with Gasteiger partial charge in [-0.25, -0.2) is 9.59 Å². The minimum absolute atomic E-state index is 0.0435. The van der Waals surface area contributed by atoms with Gasteiger partial charge in [-0.2, -0.15) is 0 Å². The summed E-state index contributed by atoms with van der Waals surface area (Å²) in [6.07, 6.45) is 0.595. The number of aromatic hydroxyl groups is 2. The molecule has 2 aromatic carbocycles. The molecule has 1 aromatic heterocycles. The van der Waals surface area contributed by atoms with Crippen molar-refractivity contribution in [1.82, 2.24) is 0 Å². The smallest absolute Gasteiger partial charge is 0.342 e. The van der Waals surface area contributed by atoms with Crippen LogP contribution in [0.25, 0.3) is 11.0 Å². The predicted molar refractivity (Wildman–Crippen MR) is 95.5 cm³/mol. The summed E-state index contributed by atoms with van der Waals surface area (Å²) < 4.78 is 10.4. The van der Waals surface area contributed by atoms with E-state index in [2.05, 4.69) is 0 Å². The number of aryl methyl sites for hydroxylation is 2. The molecule has 6 nitrogen and oxygen atoms in total. The molecule has 0 saturated carbocycles. The van der Waals surface area contributed by atoms with Gasteiger partial charge in [0.15, 0.2) is 0 Å². The minimum atomic E-state index is -0.693. The number of hydrogen-bond donors (Lipinski definition) is 2. The highest BCUT2D eigenvalue weighted by atomic mass is 16.5. The van der Waals surface area contributed by atoms with Crippen LogP contribution in [-0.4, -0.2) is 16.2 Å². The standard InChI is InChI=1S/C20H18O6/c1-3-12-7-14-13(8-19(23)26-18(14)9-17(12)22)10-25-20(24)15-6-11(2)4-5-16(15)21/h4-9,21-22H,3,10H2,1-2H3. The molecule has 0 unspecified atom stereocenters. The van der Waals surface area contributed by atoms with Crippen molar-refractivity contribution in [3.8, 4) is 11.5 Å². The van der Waals surface area contributed by atoms with Crippen LogP contribution in [0.5, 0.6) is 11.5 Å². The highest BCUT2D eigenvalue weighted by Gasteiger charge is 2.15. The second-order valence-corrected chi connectivity index (χ2v) is 6.02. The van der Waals surface area contributed by atoms with Crippen molar-refractivity contribution in [3.63, 3.8) is 0 Å². The maximum Gasteiger partial charge on any atom is 0.342 e. The summed E-state index contributed by atoms with van der Waals surface area (Å²) in [4.78, 5) is 24.0. The highest BCUT2D eigenvalue weighted by molar-refractivity contribution is 5.92. The summed E-state index contributed by atoms with van der Waals surface area (Å²) in [5.74, 6) is -0.819. The summed E-state index contributed by atoms with van der Waals surface area (Å²) in [5.41, 5.74) is 1.64. The van der Waals surface area contributed by atoms with Gasteiger partial charge in [0.2, 0.25) is 0 Å². The molecule has 6 heteroatoms. The molecule has 1 heterocycles. The number of phenols is 2. The molecule has 0 aliphatic heterocycles. The van der Waals surface area contributed by atoms with Gasteiger partial charge in [-0.05, 0) is 37.1 Å². The molecule has 0 aliphatic rings. The van der Waals surface area contributed by atoms with Gasteiger partial charge >= 0.3 is 11.6 Å². The van der Waals surface area contributed by atoms with Crippen molar-refractivity contribution in [1.29, 1.82) is 0 Å². The Bertz CT molecular complexity index is 1050. The van der Waals surface area contributed by atoms with Gasteiger partial charge in [0, 0.05) is 23.1 Å². The molecular formula is C20H18O6. The third kappa shape index (κ3) is 3.39. The SMILES string of the molecule is CCc1cc2c(COC(=O)c3cc(C)ccc3O)cc(=O)oc2cc1O. The number of phenolic OH excluding ortho intramolecular Hbond substituents is 2. The monoisotopic (exact) mass is 354 g/mol. The molecule has 0 radical (unpaired) electrons. The van der Waals surface area contributed by atoms with Crippen LogP contribution in [0.4, 0.5) is 0 Å². The number of ether oxygens (including phenoxy) is 1. The molecule has 0 bridgehead atoms. The number of rotatable bonds is 4. The first-order chi connectivity index (χ1) is 12.4.